The molecule has 0 unspecified atom stereocenters. The van der Waals surface area contributed by atoms with E-state index in [1.807, 2.05) is 6.92 Å². The first-order valence-corrected chi connectivity index (χ1v) is 6.87. The van der Waals surface area contributed by atoms with Crippen LogP contribution in [-0.4, -0.2) is 66.3 Å². The topological polar surface area (TPSA) is 70.1 Å². The lowest BCUT2D eigenvalue weighted by molar-refractivity contribution is -0.138. The van der Waals surface area contributed by atoms with Crippen molar-refractivity contribution in [2.75, 3.05) is 33.4 Å². The zero-order valence-electron chi connectivity index (χ0n) is 11.8. The maximum absolute atomic E-state index is 12.3. The van der Waals surface area contributed by atoms with Gasteiger partial charge in [0.15, 0.2) is 0 Å². The fourth-order valence-corrected chi connectivity index (χ4v) is 2.38. The maximum Gasteiger partial charge on any atom is 0.323 e. The van der Waals surface area contributed by atoms with Crippen molar-refractivity contribution in [2.24, 2.45) is 0 Å². The molecule has 1 aliphatic carbocycles. The molecule has 0 aromatic rings. The van der Waals surface area contributed by atoms with Gasteiger partial charge in [0.1, 0.15) is 6.54 Å². The highest BCUT2D eigenvalue weighted by molar-refractivity contribution is 5.80. The lowest BCUT2D eigenvalue weighted by Gasteiger charge is -2.31. The third kappa shape index (κ3) is 5.06. The first-order chi connectivity index (χ1) is 9.06. The van der Waals surface area contributed by atoms with Crippen LogP contribution < -0.4 is 0 Å². The highest BCUT2D eigenvalue weighted by Gasteiger charge is 2.29. The van der Waals surface area contributed by atoms with Crippen molar-refractivity contribution in [3.8, 4) is 0 Å². The number of rotatable bonds is 7. The Labute approximate surface area is 114 Å². The van der Waals surface area contributed by atoms with Gasteiger partial charge in [-0.05, 0) is 19.8 Å². The van der Waals surface area contributed by atoms with Gasteiger partial charge in [0, 0.05) is 26.2 Å². The predicted octanol–water partition coefficient (Wildman–Crippen LogP) is 1.40. The van der Waals surface area contributed by atoms with E-state index in [-0.39, 0.29) is 18.6 Å². The van der Waals surface area contributed by atoms with Gasteiger partial charge in [-0.1, -0.05) is 12.8 Å². The van der Waals surface area contributed by atoms with Crippen LogP contribution in [0.1, 0.15) is 32.6 Å². The monoisotopic (exact) mass is 272 g/mol. The Morgan fingerprint density at radius 2 is 1.95 bits per heavy atom. The fraction of sp³-hybridized carbons (Fsp3) is 0.846. The zero-order chi connectivity index (χ0) is 14.3. The molecular weight excluding hydrogens is 248 g/mol. The van der Waals surface area contributed by atoms with E-state index in [0.717, 1.165) is 25.7 Å². The van der Waals surface area contributed by atoms with E-state index in [4.69, 9.17) is 9.84 Å². The van der Waals surface area contributed by atoms with Crippen LogP contribution in [0.4, 0.5) is 4.79 Å². The molecule has 0 aliphatic heterocycles. The quantitative estimate of drug-likeness (QED) is 0.711. The standard InChI is InChI=1S/C13H24N2O4/c1-3-19-9-8-14(2)13(18)15(10-12(16)17)11-6-4-5-7-11/h11H,3-10H2,1-2H3,(H,16,17). The number of hydrogen-bond donors (Lipinski definition) is 1. The van der Waals surface area contributed by atoms with Crippen molar-refractivity contribution in [3.05, 3.63) is 0 Å². The summed E-state index contributed by atoms with van der Waals surface area (Å²) in [6, 6.07) is -0.146. The number of amides is 2. The minimum Gasteiger partial charge on any atom is -0.480 e. The van der Waals surface area contributed by atoms with Crippen molar-refractivity contribution < 1.29 is 19.4 Å². The third-order valence-corrected chi connectivity index (χ3v) is 3.42. The third-order valence-electron chi connectivity index (χ3n) is 3.42. The first-order valence-electron chi connectivity index (χ1n) is 6.87. The number of carboxylic acid groups (broad SMARTS) is 1. The predicted molar refractivity (Wildman–Crippen MR) is 71.1 cm³/mol. The second-order valence-electron chi connectivity index (χ2n) is 4.86. The Hall–Kier alpha value is -1.30. The molecule has 0 bridgehead atoms. The number of hydrogen-bond acceptors (Lipinski definition) is 3. The number of likely N-dealkylation sites (N-methyl/N-ethyl adjacent to an activating group) is 1. The summed E-state index contributed by atoms with van der Waals surface area (Å²) in [6.07, 6.45) is 3.93. The van der Waals surface area contributed by atoms with Gasteiger partial charge in [0.2, 0.25) is 0 Å². The van der Waals surface area contributed by atoms with Crippen LogP contribution in [0.3, 0.4) is 0 Å². The van der Waals surface area contributed by atoms with Crippen LogP contribution in [0.25, 0.3) is 0 Å². The molecular formula is C13H24N2O4. The Bertz CT molecular complexity index is 303. The highest BCUT2D eigenvalue weighted by atomic mass is 16.5. The van der Waals surface area contributed by atoms with Crippen LogP contribution in [0.15, 0.2) is 0 Å². The van der Waals surface area contributed by atoms with Crippen molar-refractivity contribution >= 4 is 12.0 Å². The van der Waals surface area contributed by atoms with Crippen molar-refractivity contribution in [1.29, 1.82) is 0 Å². The molecule has 1 fully saturated rings. The van der Waals surface area contributed by atoms with E-state index < -0.39 is 5.97 Å². The average molecular weight is 272 g/mol. The van der Waals surface area contributed by atoms with E-state index in [1.165, 1.54) is 9.80 Å². The van der Waals surface area contributed by atoms with Gasteiger partial charge in [-0.2, -0.15) is 0 Å². The minimum absolute atomic E-state index is 0.0677. The largest absolute Gasteiger partial charge is 0.480 e. The summed E-state index contributed by atoms with van der Waals surface area (Å²) in [4.78, 5) is 26.2. The molecule has 0 radical (unpaired) electrons. The van der Waals surface area contributed by atoms with Crippen LogP contribution in [0, 0.1) is 0 Å². The normalized spacial score (nSPS) is 15.5. The van der Waals surface area contributed by atoms with Gasteiger partial charge in [0.05, 0.1) is 6.61 Å². The second kappa shape index (κ2) is 7.99. The molecule has 0 spiro atoms. The number of aliphatic carboxylic acids is 1. The number of carboxylic acids is 1. The summed E-state index contributed by atoms with van der Waals surface area (Å²) in [7, 11) is 1.69. The molecule has 0 heterocycles. The molecule has 1 saturated carbocycles. The van der Waals surface area contributed by atoms with Crippen LogP contribution in [-0.2, 0) is 9.53 Å². The molecule has 6 heteroatoms. The number of ether oxygens (including phenoxy) is 1. The number of carbonyl (C=O) groups excluding carboxylic acids is 1. The Morgan fingerprint density at radius 1 is 1.32 bits per heavy atom. The molecule has 0 atom stereocenters. The smallest absolute Gasteiger partial charge is 0.323 e. The number of carbonyl (C=O) groups is 2. The molecule has 2 amide bonds. The molecule has 0 saturated heterocycles. The minimum atomic E-state index is -0.960. The second-order valence-corrected chi connectivity index (χ2v) is 4.86. The lowest BCUT2D eigenvalue weighted by atomic mass is 10.2. The molecule has 1 N–H and O–H groups in total. The molecule has 0 aromatic carbocycles. The summed E-state index contributed by atoms with van der Waals surface area (Å²) in [5, 5.41) is 8.95. The van der Waals surface area contributed by atoms with Crippen LogP contribution in [0.5, 0.6) is 0 Å². The van der Waals surface area contributed by atoms with Gasteiger partial charge in [-0.15, -0.1) is 0 Å². The summed E-state index contributed by atoms with van der Waals surface area (Å²) in [5.74, 6) is -0.960. The van der Waals surface area contributed by atoms with Crippen LogP contribution in [0.2, 0.25) is 0 Å². The van der Waals surface area contributed by atoms with Crippen molar-refractivity contribution in [1.82, 2.24) is 9.80 Å². The summed E-state index contributed by atoms with van der Waals surface area (Å²) in [5.41, 5.74) is 0. The van der Waals surface area contributed by atoms with Gasteiger partial charge in [-0.3, -0.25) is 4.79 Å². The first kappa shape index (κ1) is 15.8. The Kier molecular flexibility index (Phi) is 6.62. The van der Waals surface area contributed by atoms with E-state index in [1.54, 1.807) is 7.05 Å². The molecule has 1 rings (SSSR count). The highest BCUT2D eigenvalue weighted by Crippen LogP contribution is 2.24. The summed E-state index contributed by atoms with van der Waals surface area (Å²) in [6.45, 7) is 3.25. The average Bonchev–Trinajstić information content (AvgIpc) is 2.88. The van der Waals surface area contributed by atoms with E-state index in [0.29, 0.717) is 19.8 Å². The Balaban J connectivity index is 2.56. The molecule has 19 heavy (non-hydrogen) atoms. The summed E-state index contributed by atoms with van der Waals surface area (Å²) < 4.78 is 5.21. The summed E-state index contributed by atoms with van der Waals surface area (Å²) >= 11 is 0. The van der Waals surface area contributed by atoms with E-state index >= 15 is 0 Å². The van der Waals surface area contributed by atoms with E-state index in [9.17, 15) is 9.59 Å². The van der Waals surface area contributed by atoms with Gasteiger partial charge in [0.25, 0.3) is 0 Å². The molecule has 110 valence electrons. The Morgan fingerprint density at radius 3 is 2.47 bits per heavy atom. The number of urea groups is 1. The van der Waals surface area contributed by atoms with Crippen molar-refractivity contribution in [2.45, 2.75) is 38.6 Å². The SMILES string of the molecule is CCOCCN(C)C(=O)N(CC(=O)O)C1CCCC1. The van der Waals surface area contributed by atoms with Crippen molar-refractivity contribution in [3.63, 3.8) is 0 Å². The van der Waals surface area contributed by atoms with Gasteiger partial charge < -0.3 is 19.6 Å². The molecule has 0 aromatic heterocycles. The fourth-order valence-electron chi connectivity index (χ4n) is 2.38. The number of nitrogens with zero attached hydrogens (tertiary/aromatic N) is 2. The maximum atomic E-state index is 12.3. The van der Waals surface area contributed by atoms with Gasteiger partial charge >= 0.3 is 12.0 Å². The van der Waals surface area contributed by atoms with E-state index in [2.05, 4.69) is 0 Å². The lowest BCUT2D eigenvalue weighted by Crippen LogP contribution is -2.49. The zero-order valence-corrected chi connectivity index (χ0v) is 11.8. The molecule has 1 aliphatic rings. The molecule has 6 nitrogen and oxygen atoms in total. The van der Waals surface area contributed by atoms with Gasteiger partial charge in [-0.25, -0.2) is 4.79 Å². The van der Waals surface area contributed by atoms with Crippen LogP contribution >= 0.6 is 0 Å².